The fourth-order valence-corrected chi connectivity index (χ4v) is 1.73. The zero-order chi connectivity index (χ0) is 11.4. The summed E-state index contributed by atoms with van der Waals surface area (Å²) in [7, 11) is 0. The second kappa shape index (κ2) is 12.0. The SMILES string of the molecule is CCCCCCCCCCCOC(=O)Br. The standard InChI is InChI=1S/C12H23BrO2/c1-2-3-4-5-6-7-8-9-10-11-15-12(13)14/h2-11H2,1H3. The van der Waals surface area contributed by atoms with Crippen LogP contribution in [0.2, 0.25) is 0 Å². The predicted octanol–water partition coefficient (Wildman–Crippen LogP) is 5.05. The van der Waals surface area contributed by atoms with Crippen molar-refractivity contribution in [3.8, 4) is 0 Å². The van der Waals surface area contributed by atoms with Crippen molar-refractivity contribution in [1.29, 1.82) is 0 Å². The Balaban J connectivity index is 2.89. The van der Waals surface area contributed by atoms with Crippen molar-refractivity contribution in [3.63, 3.8) is 0 Å². The molecule has 0 aromatic rings. The first-order valence-electron chi connectivity index (χ1n) is 6.09. The topological polar surface area (TPSA) is 26.3 Å². The van der Waals surface area contributed by atoms with Crippen molar-refractivity contribution in [2.75, 3.05) is 6.61 Å². The minimum absolute atomic E-state index is 0.345. The van der Waals surface area contributed by atoms with Crippen molar-refractivity contribution in [3.05, 3.63) is 0 Å². The van der Waals surface area contributed by atoms with E-state index in [-0.39, 0.29) is 4.88 Å². The lowest BCUT2D eigenvalue weighted by atomic mass is 10.1. The van der Waals surface area contributed by atoms with Gasteiger partial charge >= 0.3 is 4.88 Å². The predicted molar refractivity (Wildman–Crippen MR) is 67.5 cm³/mol. The van der Waals surface area contributed by atoms with E-state index < -0.39 is 0 Å². The van der Waals surface area contributed by atoms with Crippen molar-refractivity contribution in [2.24, 2.45) is 0 Å². The van der Waals surface area contributed by atoms with Crippen LogP contribution in [0.4, 0.5) is 4.79 Å². The van der Waals surface area contributed by atoms with Gasteiger partial charge in [-0.2, -0.15) is 0 Å². The Morgan fingerprint density at radius 3 is 1.87 bits per heavy atom. The van der Waals surface area contributed by atoms with Gasteiger partial charge in [0.05, 0.1) is 6.61 Å². The summed E-state index contributed by atoms with van der Waals surface area (Å²) >= 11 is 2.73. The molecule has 0 radical (unpaired) electrons. The van der Waals surface area contributed by atoms with E-state index in [1.807, 2.05) is 0 Å². The highest BCUT2D eigenvalue weighted by Gasteiger charge is 1.95. The van der Waals surface area contributed by atoms with Gasteiger partial charge in [-0.1, -0.05) is 58.3 Å². The fraction of sp³-hybridized carbons (Fsp3) is 0.917. The summed E-state index contributed by atoms with van der Waals surface area (Å²) in [5.41, 5.74) is 0. The van der Waals surface area contributed by atoms with Crippen LogP contribution in [0.5, 0.6) is 0 Å². The number of unbranched alkanes of at least 4 members (excludes halogenated alkanes) is 8. The Labute approximate surface area is 102 Å². The van der Waals surface area contributed by atoms with Crippen LogP contribution >= 0.6 is 15.9 Å². The van der Waals surface area contributed by atoms with Crippen LogP contribution in [0.1, 0.15) is 64.7 Å². The molecule has 0 aliphatic heterocycles. The van der Waals surface area contributed by atoms with Crippen LogP contribution in [0.25, 0.3) is 0 Å². The van der Waals surface area contributed by atoms with E-state index in [4.69, 9.17) is 4.74 Å². The van der Waals surface area contributed by atoms with E-state index >= 15 is 0 Å². The van der Waals surface area contributed by atoms with Crippen molar-refractivity contribution in [1.82, 2.24) is 0 Å². The number of carbonyl (C=O) groups is 1. The van der Waals surface area contributed by atoms with E-state index in [0.717, 1.165) is 6.42 Å². The number of ether oxygens (including phenoxy) is 1. The minimum Gasteiger partial charge on any atom is -0.457 e. The average molecular weight is 279 g/mol. The van der Waals surface area contributed by atoms with Gasteiger partial charge < -0.3 is 4.74 Å². The second-order valence-corrected chi connectivity index (χ2v) is 4.56. The van der Waals surface area contributed by atoms with Gasteiger partial charge in [-0.15, -0.1) is 0 Å². The van der Waals surface area contributed by atoms with Gasteiger partial charge in [0.25, 0.3) is 0 Å². The molecule has 0 atom stereocenters. The highest BCUT2D eigenvalue weighted by atomic mass is 79.9. The van der Waals surface area contributed by atoms with E-state index in [2.05, 4.69) is 22.9 Å². The normalized spacial score (nSPS) is 10.3. The maximum absolute atomic E-state index is 10.4. The molecule has 3 heteroatoms. The third-order valence-corrected chi connectivity index (χ3v) is 2.69. The molecule has 0 rings (SSSR count). The third-order valence-electron chi connectivity index (χ3n) is 2.46. The smallest absolute Gasteiger partial charge is 0.374 e. The fourth-order valence-electron chi connectivity index (χ4n) is 1.57. The molecule has 90 valence electrons. The Morgan fingerprint density at radius 1 is 0.933 bits per heavy atom. The first-order chi connectivity index (χ1) is 7.27. The molecular weight excluding hydrogens is 256 g/mol. The second-order valence-electron chi connectivity index (χ2n) is 3.91. The van der Waals surface area contributed by atoms with Crippen LogP contribution in [-0.4, -0.2) is 11.5 Å². The summed E-state index contributed by atoms with van der Waals surface area (Å²) in [4.78, 5) is 10.0. The van der Waals surface area contributed by atoms with Crippen LogP contribution in [0.15, 0.2) is 0 Å². The van der Waals surface area contributed by atoms with Crippen LogP contribution < -0.4 is 0 Å². The van der Waals surface area contributed by atoms with E-state index in [1.165, 1.54) is 51.4 Å². The quantitative estimate of drug-likeness (QED) is 0.413. The summed E-state index contributed by atoms with van der Waals surface area (Å²) in [5.74, 6) is 0. The molecule has 0 unspecified atom stereocenters. The molecular formula is C12H23BrO2. The molecule has 0 spiro atoms. The lowest BCUT2D eigenvalue weighted by Gasteiger charge is -2.02. The Kier molecular flexibility index (Phi) is 12.0. The molecule has 0 aromatic carbocycles. The summed E-state index contributed by atoms with van der Waals surface area (Å²) in [6, 6.07) is 0. The van der Waals surface area contributed by atoms with Gasteiger partial charge in [-0.05, 0) is 6.42 Å². The zero-order valence-electron chi connectivity index (χ0n) is 9.77. The number of rotatable bonds is 10. The number of hydrogen-bond donors (Lipinski definition) is 0. The maximum atomic E-state index is 10.4. The summed E-state index contributed by atoms with van der Waals surface area (Å²) in [5, 5.41) is 0. The molecule has 0 aliphatic carbocycles. The molecule has 0 saturated carbocycles. The average Bonchev–Trinajstić information content (AvgIpc) is 2.20. The summed E-state index contributed by atoms with van der Waals surface area (Å²) in [6.45, 7) is 2.80. The zero-order valence-corrected chi connectivity index (χ0v) is 11.4. The van der Waals surface area contributed by atoms with Gasteiger partial charge in [-0.25, -0.2) is 4.79 Å². The number of carbonyl (C=O) groups excluding carboxylic acids is 1. The van der Waals surface area contributed by atoms with E-state index in [0.29, 0.717) is 6.61 Å². The highest BCUT2D eigenvalue weighted by Crippen LogP contribution is 2.09. The Morgan fingerprint density at radius 2 is 1.40 bits per heavy atom. The molecule has 0 fully saturated rings. The first kappa shape index (κ1) is 14.9. The van der Waals surface area contributed by atoms with Gasteiger partial charge in [0, 0.05) is 15.9 Å². The van der Waals surface area contributed by atoms with Crippen LogP contribution in [-0.2, 0) is 4.74 Å². The molecule has 0 heterocycles. The van der Waals surface area contributed by atoms with E-state index in [1.54, 1.807) is 0 Å². The first-order valence-corrected chi connectivity index (χ1v) is 6.89. The highest BCUT2D eigenvalue weighted by molar-refractivity contribution is 9.18. The molecule has 0 N–H and O–H groups in total. The van der Waals surface area contributed by atoms with Gasteiger partial charge in [0.2, 0.25) is 0 Å². The van der Waals surface area contributed by atoms with Gasteiger partial charge in [0.15, 0.2) is 0 Å². The third kappa shape index (κ3) is 14.0. The van der Waals surface area contributed by atoms with Crippen LogP contribution in [0.3, 0.4) is 0 Å². The van der Waals surface area contributed by atoms with Crippen LogP contribution in [0, 0.1) is 0 Å². The van der Waals surface area contributed by atoms with Crippen molar-refractivity contribution >= 4 is 20.8 Å². The minimum atomic E-state index is -0.345. The molecule has 0 aromatic heterocycles. The number of hydrogen-bond acceptors (Lipinski definition) is 2. The van der Waals surface area contributed by atoms with Crippen molar-refractivity contribution in [2.45, 2.75) is 64.7 Å². The molecule has 15 heavy (non-hydrogen) atoms. The Hall–Kier alpha value is -0.0500. The molecule has 0 aliphatic rings. The molecule has 0 bridgehead atoms. The van der Waals surface area contributed by atoms with E-state index in [9.17, 15) is 4.79 Å². The maximum Gasteiger partial charge on any atom is 0.374 e. The summed E-state index contributed by atoms with van der Waals surface area (Å²) < 4.78 is 4.78. The lowest BCUT2D eigenvalue weighted by molar-refractivity contribution is 0.174. The lowest BCUT2D eigenvalue weighted by Crippen LogP contribution is -1.95. The van der Waals surface area contributed by atoms with Crippen molar-refractivity contribution < 1.29 is 9.53 Å². The van der Waals surface area contributed by atoms with Gasteiger partial charge in [0.1, 0.15) is 0 Å². The molecule has 0 amide bonds. The molecule has 0 saturated heterocycles. The number of halogens is 1. The monoisotopic (exact) mass is 278 g/mol. The Bertz CT molecular complexity index is 149. The largest absolute Gasteiger partial charge is 0.457 e. The molecule has 2 nitrogen and oxygen atoms in total. The summed E-state index contributed by atoms with van der Waals surface area (Å²) in [6.07, 6.45) is 11.6. The van der Waals surface area contributed by atoms with Gasteiger partial charge in [-0.3, -0.25) is 0 Å².